The molecule has 1 aliphatic heterocycles. The van der Waals surface area contributed by atoms with Gasteiger partial charge in [-0.05, 0) is 12.8 Å². The summed E-state index contributed by atoms with van der Waals surface area (Å²) in [5.74, 6) is -1.32. The number of aromatic nitrogens is 1. The number of nitrogens with zero attached hydrogens (tertiary/aromatic N) is 2. The molecular formula is C13H15N3O4S. The van der Waals surface area contributed by atoms with E-state index >= 15 is 0 Å². The van der Waals surface area contributed by atoms with Crippen molar-refractivity contribution in [1.82, 2.24) is 15.2 Å². The largest absolute Gasteiger partial charge is 0.476 e. The summed E-state index contributed by atoms with van der Waals surface area (Å²) in [6.07, 6.45) is 4.29. The van der Waals surface area contributed by atoms with Crippen molar-refractivity contribution in [3.05, 3.63) is 16.1 Å². The van der Waals surface area contributed by atoms with Crippen LogP contribution >= 0.6 is 11.3 Å². The number of urea groups is 1. The normalized spacial score (nSPS) is 20.9. The van der Waals surface area contributed by atoms with Gasteiger partial charge in [-0.1, -0.05) is 19.3 Å². The molecule has 1 aromatic heterocycles. The molecule has 1 spiro atoms. The molecule has 2 N–H and O–H groups in total. The van der Waals surface area contributed by atoms with Gasteiger partial charge in [0, 0.05) is 5.38 Å². The van der Waals surface area contributed by atoms with E-state index in [1.54, 1.807) is 5.38 Å². The van der Waals surface area contributed by atoms with Gasteiger partial charge in [-0.15, -0.1) is 11.3 Å². The monoisotopic (exact) mass is 309 g/mol. The molecule has 1 aromatic rings. The Morgan fingerprint density at radius 2 is 2.10 bits per heavy atom. The van der Waals surface area contributed by atoms with Gasteiger partial charge in [-0.2, -0.15) is 0 Å². The van der Waals surface area contributed by atoms with Crippen LogP contribution in [0.2, 0.25) is 0 Å². The number of hydrogen-bond donors (Lipinski definition) is 2. The average Bonchev–Trinajstić information content (AvgIpc) is 3.00. The van der Waals surface area contributed by atoms with Gasteiger partial charge in [-0.25, -0.2) is 14.6 Å². The van der Waals surface area contributed by atoms with Crippen LogP contribution in [0.1, 0.15) is 47.6 Å². The summed E-state index contributed by atoms with van der Waals surface area (Å²) >= 11 is 0.990. The van der Waals surface area contributed by atoms with Crippen LogP contribution < -0.4 is 5.32 Å². The molecule has 3 amide bonds. The minimum Gasteiger partial charge on any atom is -0.476 e. The minimum atomic E-state index is -1.10. The molecule has 0 unspecified atom stereocenters. The predicted molar refractivity (Wildman–Crippen MR) is 74.0 cm³/mol. The van der Waals surface area contributed by atoms with Crippen molar-refractivity contribution in [2.75, 3.05) is 0 Å². The molecule has 2 heterocycles. The van der Waals surface area contributed by atoms with Gasteiger partial charge in [0.2, 0.25) is 5.01 Å². The Kier molecular flexibility index (Phi) is 3.40. The summed E-state index contributed by atoms with van der Waals surface area (Å²) in [7, 11) is 0. The van der Waals surface area contributed by atoms with Crippen molar-refractivity contribution in [2.24, 2.45) is 0 Å². The van der Waals surface area contributed by atoms with Crippen molar-refractivity contribution >= 4 is 29.2 Å². The molecule has 21 heavy (non-hydrogen) atoms. The van der Waals surface area contributed by atoms with E-state index < -0.39 is 17.5 Å². The number of carboxylic acids is 1. The first kappa shape index (κ1) is 14.0. The number of imide groups is 1. The molecule has 8 heteroatoms. The molecule has 1 aliphatic carbocycles. The molecule has 0 aromatic carbocycles. The Labute approximate surface area is 125 Å². The Balaban J connectivity index is 1.77. The lowest BCUT2D eigenvalue weighted by Gasteiger charge is -2.30. The number of carboxylic acid groups (broad SMARTS) is 1. The Bertz CT molecular complexity index is 606. The molecule has 112 valence electrons. The fourth-order valence-electron chi connectivity index (χ4n) is 2.95. The smallest absolute Gasteiger partial charge is 0.365 e. The van der Waals surface area contributed by atoms with Crippen LogP contribution in [0.5, 0.6) is 0 Å². The number of thiazole rings is 1. The van der Waals surface area contributed by atoms with E-state index in [9.17, 15) is 14.4 Å². The van der Waals surface area contributed by atoms with Crippen molar-refractivity contribution < 1.29 is 19.5 Å². The van der Waals surface area contributed by atoms with Crippen LogP contribution in [-0.2, 0) is 11.3 Å². The second kappa shape index (κ2) is 5.10. The maximum absolute atomic E-state index is 12.5. The second-order valence-corrected chi connectivity index (χ2v) is 6.27. The fraction of sp³-hybridized carbons (Fsp3) is 0.538. The number of carbonyl (C=O) groups is 3. The van der Waals surface area contributed by atoms with E-state index in [1.807, 2.05) is 0 Å². The van der Waals surface area contributed by atoms with E-state index in [0.29, 0.717) is 18.5 Å². The van der Waals surface area contributed by atoms with E-state index in [-0.39, 0.29) is 17.5 Å². The summed E-state index contributed by atoms with van der Waals surface area (Å²) in [5, 5.41) is 13.2. The molecule has 0 radical (unpaired) electrons. The summed E-state index contributed by atoms with van der Waals surface area (Å²) < 4.78 is 0. The van der Waals surface area contributed by atoms with Crippen molar-refractivity contribution in [1.29, 1.82) is 0 Å². The van der Waals surface area contributed by atoms with Gasteiger partial charge in [0.1, 0.15) is 5.54 Å². The van der Waals surface area contributed by atoms with Crippen molar-refractivity contribution in [2.45, 2.75) is 44.2 Å². The lowest BCUT2D eigenvalue weighted by Crippen LogP contribution is -2.48. The highest BCUT2D eigenvalue weighted by Gasteiger charge is 2.51. The van der Waals surface area contributed by atoms with E-state index in [2.05, 4.69) is 10.3 Å². The molecule has 7 nitrogen and oxygen atoms in total. The van der Waals surface area contributed by atoms with Gasteiger partial charge in [0.05, 0.1) is 12.2 Å². The maximum atomic E-state index is 12.5. The van der Waals surface area contributed by atoms with Gasteiger partial charge in [-0.3, -0.25) is 9.69 Å². The summed E-state index contributed by atoms with van der Waals surface area (Å²) in [4.78, 5) is 40.5. The summed E-state index contributed by atoms with van der Waals surface area (Å²) in [6, 6.07) is -0.410. The van der Waals surface area contributed by atoms with Gasteiger partial charge in [0.15, 0.2) is 0 Å². The maximum Gasteiger partial charge on any atom is 0.365 e. The summed E-state index contributed by atoms with van der Waals surface area (Å²) in [5.41, 5.74) is -0.324. The third-order valence-corrected chi connectivity index (χ3v) is 4.89. The topological polar surface area (TPSA) is 99.6 Å². The van der Waals surface area contributed by atoms with E-state index in [4.69, 9.17) is 5.11 Å². The first-order valence-electron chi connectivity index (χ1n) is 6.84. The number of amides is 3. The summed E-state index contributed by atoms with van der Waals surface area (Å²) in [6.45, 7) is 0.0240. The standard InChI is InChI=1S/C13H15N3O4S/c17-10(18)9-14-8(7-21-9)6-16-11(19)13(15-12(16)20)4-2-1-3-5-13/h7H,1-6H2,(H,15,20)(H,17,18). The number of rotatable bonds is 3. The number of hydrogen-bond acceptors (Lipinski definition) is 5. The minimum absolute atomic E-state index is 0.0240. The number of nitrogens with one attached hydrogen (secondary N) is 1. The van der Waals surface area contributed by atoms with Crippen LogP contribution in [0.3, 0.4) is 0 Å². The highest BCUT2D eigenvalue weighted by Crippen LogP contribution is 2.34. The molecule has 2 aliphatic rings. The molecule has 1 saturated carbocycles. The van der Waals surface area contributed by atoms with Crippen molar-refractivity contribution in [3.8, 4) is 0 Å². The zero-order valence-electron chi connectivity index (χ0n) is 11.3. The third kappa shape index (κ3) is 2.39. The average molecular weight is 309 g/mol. The van der Waals surface area contributed by atoms with Gasteiger partial charge in [0.25, 0.3) is 5.91 Å². The van der Waals surface area contributed by atoms with Crippen LogP contribution in [0.15, 0.2) is 5.38 Å². The highest BCUT2D eigenvalue weighted by molar-refractivity contribution is 7.11. The zero-order valence-corrected chi connectivity index (χ0v) is 12.1. The van der Waals surface area contributed by atoms with Gasteiger partial charge < -0.3 is 10.4 Å². The van der Waals surface area contributed by atoms with Crippen LogP contribution in [-0.4, -0.2) is 38.4 Å². The molecule has 2 fully saturated rings. The molecule has 3 rings (SSSR count). The zero-order chi connectivity index (χ0) is 15.0. The Morgan fingerprint density at radius 1 is 1.38 bits per heavy atom. The van der Waals surface area contributed by atoms with Crippen LogP contribution in [0, 0.1) is 0 Å². The number of aromatic carboxylic acids is 1. The lowest BCUT2D eigenvalue weighted by molar-refractivity contribution is -0.132. The van der Waals surface area contributed by atoms with Crippen LogP contribution in [0.4, 0.5) is 4.79 Å². The van der Waals surface area contributed by atoms with Crippen LogP contribution in [0.25, 0.3) is 0 Å². The van der Waals surface area contributed by atoms with Crippen molar-refractivity contribution in [3.63, 3.8) is 0 Å². The Morgan fingerprint density at radius 3 is 2.71 bits per heavy atom. The molecular weight excluding hydrogens is 294 g/mol. The Hall–Kier alpha value is -1.96. The molecule has 1 saturated heterocycles. The van der Waals surface area contributed by atoms with Gasteiger partial charge >= 0.3 is 12.0 Å². The first-order valence-corrected chi connectivity index (χ1v) is 7.72. The van der Waals surface area contributed by atoms with E-state index in [0.717, 1.165) is 35.5 Å². The fourth-order valence-corrected chi connectivity index (χ4v) is 3.60. The third-order valence-electron chi connectivity index (χ3n) is 4.01. The second-order valence-electron chi connectivity index (χ2n) is 5.41. The molecule has 0 atom stereocenters. The quantitative estimate of drug-likeness (QED) is 0.826. The first-order chi connectivity index (χ1) is 10.0. The highest BCUT2D eigenvalue weighted by atomic mass is 32.1. The number of carbonyl (C=O) groups excluding carboxylic acids is 2. The predicted octanol–water partition coefficient (Wildman–Crippen LogP) is 1.60. The lowest BCUT2D eigenvalue weighted by atomic mass is 9.82. The van der Waals surface area contributed by atoms with E-state index in [1.165, 1.54) is 0 Å². The molecule has 0 bridgehead atoms. The SMILES string of the molecule is O=C(O)c1nc(CN2C(=O)NC3(CCCCC3)C2=O)cs1.